The van der Waals surface area contributed by atoms with Gasteiger partial charge in [-0.2, -0.15) is 0 Å². The van der Waals surface area contributed by atoms with Crippen molar-refractivity contribution in [2.75, 3.05) is 13.1 Å². The zero-order valence-corrected chi connectivity index (χ0v) is 13.3. The molecule has 3 unspecified atom stereocenters. The van der Waals surface area contributed by atoms with Gasteiger partial charge in [0.1, 0.15) is 0 Å². The number of nitrogens with zero attached hydrogens (tertiary/aromatic N) is 1. The van der Waals surface area contributed by atoms with E-state index in [9.17, 15) is 4.79 Å². The second kappa shape index (κ2) is 5.05. The standard InChI is InChI=1S/C15H19IN2O/c1-9-3-2-4-11(14(9)16)15(19)18-7-10-5-6-13(17)12(10)8-18/h2-4,10,12-13H,5-8,17H2,1H3. The van der Waals surface area contributed by atoms with E-state index in [1.165, 1.54) is 12.0 Å². The summed E-state index contributed by atoms with van der Waals surface area (Å²) < 4.78 is 1.08. The molecule has 1 aliphatic carbocycles. The number of fused-ring (bicyclic) bond motifs is 1. The van der Waals surface area contributed by atoms with Gasteiger partial charge in [-0.1, -0.05) is 12.1 Å². The second-order valence-electron chi connectivity index (χ2n) is 5.81. The number of amides is 1. The second-order valence-corrected chi connectivity index (χ2v) is 6.89. The predicted octanol–water partition coefficient (Wildman–Crippen LogP) is 2.41. The molecule has 3 nitrogen and oxygen atoms in total. The summed E-state index contributed by atoms with van der Waals surface area (Å²) in [5.41, 5.74) is 8.15. The van der Waals surface area contributed by atoms with Crippen molar-refractivity contribution in [1.29, 1.82) is 0 Å². The maximum absolute atomic E-state index is 12.6. The van der Waals surface area contributed by atoms with Crippen LogP contribution in [-0.2, 0) is 0 Å². The van der Waals surface area contributed by atoms with Crippen molar-refractivity contribution in [2.24, 2.45) is 17.6 Å². The SMILES string of the molecule is Cc1cccc(C(=O)N2CC3CCC(N)C3C2)c1I. The number of hydrogen-bond acceptors (Lipinski definition) is 2. The van der Waals surface area contributed by atoms with Gasteiger partial charge >= 0.3 is 0 Å². The van der Waals surface area contributed by atoms with Crippen molar-refractivity contribution in [2.45, 2.75) is 25.8 Å². The Morgan fingerprint density at radius 2 is 2.16 bits per heavy atom. The first-order valence-electron chi connectivity index (χ1n) is 6.88. The third-order valence-electron chi connectivity index (χ3n) is 4.62. The van der Waals surface area contributed by atoms with Crippen LogP contribution in [0.15, 0.2) is 18.2 Å². The van der Waals surface area contributed by atoms with E-state index in [1.54, 1.807) is 0 Å². The molecule has 1 amide bonds. The van der Waals surface area contributed by atoms with E-state index in [1.807, 2.05) is 30.0 Å². The number of carbonyl (C=O) groups excluding carboxylic acids is 1. The van der Waals surface area contributed by atoms with Gasteiger partial charge in [0.2, 0.25) is 0 Å². The molecule has 19 heavy (non-hydrogen) atoms. The van der Waals surface area contributed by atoms with E-state index in [4.69, 9.17) is 5.73 Å². The zero-order valence-electron chi connectivity index (χ0n) is 11.1. The Bertz CT molecular complexity index is 517. The maximum atomic E-state index is 12.6. The Balaban J connectivity index is 1.81. The summed E-state index contributed by atoms with van der Waals surface area (Å²) >= 11 is 2.27. The van der Waals surface area contributed by atoms with Gasteiger partial charge in [-0.25, -0.2) is 0 Å². The van der Waals surface area contributed by atoms with Crippen LogP contribution in [0.1, 0.15) is 28.8 Å². The van der Waals surface area contributed by atoms with Crippen LogP contribution in [0.4, 0.5) is 0 Å². The Morgan fingerprint density at radius 1 is 1.37 bits per heavy atom. The molecule has 0 radical (unpaired) electrons. The smallest absolute Gasteiger partial charge is 0.254 e. The molecule has 1 aliphatic heterocycles. The third-order valence-corrected chi connectivity index (χ3v) is 6.05. The van der Waals surface area contributed by atoms with Crippen LogP contribution < -0.4 is 5.73 Å². The predicted molar refractivity (Wildman–Crippen MR) is 84.0 cm³/mol. The summed E-state index contributed by atoms with van der Waals surface area (Å²) in [4.78, 5) is 14.6. The lowest BCUT2D eigenvalue weighted by molar-refractivity contribution is 0.0778. The minimum absolute atomic E-state index is 0.176. The minimum atomic E-state index is 0.176. The van der Waals surface area contributed by atoms with Gasteiger partial charge in [-0.15, -0.1) is 0 Å². The first-order valence-corrected chi connectivity index (χ1v) is 7.95. The van der Waals surface area contributed by atoms with Crippen molar-refractivity contribution >= 4 is 28.5 Å². The van der Waals surface area contributed by atoms with Gasteiger partial charge in [0, 0.05) is 22.7 Å². The number of halogens is 1. The Kier molecular flexibility index (Phi) is 3.55. The van der Waals surface area contributed by atoms with E-state index >= 15 is 0 Å². The van der Waals surface area contributed by atoms with E-state index in [2.05, 4.69) is 22.6 Å². The molecule has 2 N–H and O–H groups in total. The zero-order chi connectivity index (χ0) is 13.6. The molecule has 1 saturated carbocycles. The molecular weight excluding hydrogens is 351 g/mol. The van der Waals surface area contributed by atoms with Crippen molar-refractivity contribution in [3.63, 3.8) is 0 Å². The lowest BCUT2D eigenvalue weighted by Gasteiger charge is -2.20. The Hall–Kier alpha value is -0.620. The highest BCUT2D eigenvalue weighted by Gasteiger charge is 2.42. The van der Waals surface area contributed by atoms with E-state index in [-0.39, 0.29) is 5.91 Å². The number of likely N-dealkylation sites (tertiary alicyclic amines) is 1. The molecule has 1 heterocycles. The molecular formula is C15H19IN2O. The summed E-state index contributed by atoms with van der Waals surface area (Å²) in [5, 5.41) is 0. The number of rotatable bonds is 1. The van der Waals surface area contributed by atoms with Crippen molar-refractivity contribution in [3.8, 4) is 0 Å². The molecule has 4 heteroatoms. The van der Waals surface area contributed by atoms with Gasteiger partial charge in [0.15, 0.2) is 0 Å². The first-order chi connectivity index (χ1) is 9.08. The highest BCUT2D eigenvalue weighted by molar-refractivity contribution is 14.1. The summed E-state index contributed by atoms with van der Waals surface area (Å²) in [6.45, 7) is 3.78. The Morgan fingerprint density at radius 3 is 2.89 bits per heavy atom. The van der Waals surface area contributed by atoms with Crippen LogP contribution in [0.5, 0.6) is 0 Å². The largest absolute Gasteiger partial charge is 0.338 e. The van der Waals surface area contributed by atoms with Crippen molar-refractivity contribution in [1.82, 2.24) is 4.90 Å². The van der Waals surface area contributed by atoms with Crippen LogP contribution in [0.2, 0.25) is 0 Å². The van der Waals surface area contributed by atoms with Gasteiger partial charge in [-0.05, 0) is 65.8 Å². The summed E-state index contributed by atoms with van der Waals surface area (Å²) in [6, 6.07) is 6.24. The highest BCUT2D eigenvalue weighted by atomic mass is 127. The summed E-state index contributed by atoms with van der Waals surface area (Å²) in [7, 11) is 0. The average molecular weight is 370 g/mol. The fourth-order valence-electron chi connectivity index (χ4n) is 3.46. The van der Waals surface area contributed by atoms with Gasteiger partial charge in [0.25, 0.3) is 5.91 Å². The monoisotopic (exact) mass is 370 g/mol. The normalized spacial score (nSPS) is 29.6. The minimum Gasteiger partial charge on any atom is -0.338 e. The number of benzene rings is 1. The lowest BCUT2D eigenvalue weighted by atomic mass is 9.98. The summed E-state index contributed by atoms with van der Waals surface area (Å²) in [5.74, 6) is 1.32. The van der Waals surface area contributed by atoms with E-state index in [0.717, 1.165) is 28.6 Å². The van der Waals surface area contributed by atoms with Crippen molar-refractivity contribution < 1.29 is 4.79 Å². The van der Waals surface area contributed by atoms with Crippen LogP contribution in [-0.4, -0.2) is 29.9 Å². The maximum Gasteiger partial charge on any atom is 0.254 e. The fourth-order valence-corrected chi connectivity index (χ4v) is 4.05. The topological polar surface area (TPSA) is 46.3 Å². The van der Waals surface area contributed by atoms with Crippen molar-refractivity contribution in [3.05, 3.63) is 32.9 Å². The molecule has 102 valence electrons. The molecule has 1 saturated heterocycles. The molecule has 1 aromatic rings. The fraction of sp³-hybridized carbons (Fsp3) is 0.533. The third kappa shape index (κ3) is 2.29. The van der Waals surface area contributed by atoms with Crippen LogP contribution in [0.25, 0.3) is 0 Å². The molecule has 3 rings (SSSR count). The number of hydrogen-bond donors (Lipinski definition) is 1. The first kappa shape index (κ1) is 13.4. The highest BCUT2D eigenvalue weighted by Crippen LogP contribution is 2.37. The van der Waals surface area contributed by atoms with Gasteiger partial charge < -0.3 is 10.6 Å². The molecule has 3 atom stereocenters. The molecule has 0 spiro atoms. The van der Waals surface area contributed by atoms with Crippen LogP contribution >= 0.6 is 22.6 Å². The molecule has 0 bridgehead atoms. The van der Waals surface area contributed by atoms with E-state index < -0.39 is 0 Å². The Labute approximate surface area is 127 Å². The number of aryl methyl sites for hydroxylation is 1. The quantitative estimate of drug-likeness (QED) is 0.772. The number of carbonyl (C=O) groups is 1. The van der Waals surface area contributed by atoms with Crippen LogP contribution in [0, 0.1) is 22.3 Å². The molecule has 2 fully saturated rings. The van der Waals surface area contributed by atoms with Gasteiger partial charge in [0.05, 0.1) is 5.56 Å². The molecule has 0 aromatic heterocycles. The van der Waals surface area contributed by atoms with E-state index in [0.29, 0.717) is 17.9 Å². The molecule has 2 aliphatic rings. The average Bonchev–Trinajstić information content (AvgIpc) is 2.95. The van der Waals surface area contributed by atoms with Crippen LogP contribution in [0.3, 0.4) is 0 Å². The number of nitrogens with two attached hydrogens (primary N) is 1. The summed E-state index contributed by atoms with van der Waals surface area (Å²) in [6.07, 6.45) is 2.31. The molecule has 1 aromatic carbocycles. The lowest BCUT2D eigenvalue weighted by Crippen LogP contribution is -2.33. The van der Waals surface area contributed by atoms with Gasteiger partial charge in [-0.3, -0.25) is 4.79 Å².